The van der Waals surface area contributed by atoms with Crippen LogP contribution in [-0.4, -0.2) is 39.4 Å². The van der Waals surface area contributed by atoms with Crippen molar-refractivity contribution in [2.24, 2.45) is 0 Å². The number of carbonyl (C=O) groups is 3. The third-order valence-electron chi connectivity index (χ3n) is 8.33. The van der Waals surface area contributed by atoms with E-state index in [4.69, 9.17) is 5.73 Å². The van der Waals surface area contributed by atoms with Crippen LogP contribution >= 0.6 is 0 Å². The summed E-state index contributed by atoms with van der Waals surface area (Å²) in [6.45, 7) is 2.99. The van der Waals surface area contributed by atoms with Gasteiger partial charge in [0.25, 0.3) is 22.7 Å². The Balaban J connectivity index is 1.09. The minimum absolute atomic E-state index is 0.00672. The third-order valence-corrected chi connectivity index (χ3v) is 8.33. The van der Waals surface area contributed by atoms with Gasteiger partial charge >= 0.3 is 5.97 Å². The zero-order chi connectivity index (χ0) is 30.4. The van der Waals surface area contributed by atoms with Crippen LogP contribution in [0.2, 0.25) is 0 Å². The highest BCUT2D eigenvalue weighted by Gasteiger charge is 2.29. The summed E-state index contributed by atoms with van der Waals surface area (Å²) in [7, 11) is 0. The lowest BCUT2D eigenvalue weighted by atomic mass is 9.96. The van der Waals surface area contributed by atoms with Gasteiger partial charge in [-0.2, -0.15) is 0 Å². The van der Waals surface area contributed by atoms with Crippen LogP contribution in [0.3, 0.4) is 0 Å². The molecule has 6 rings (SSSR count). The highest BCUT2D eigenvalue weighted by molar-refractivity contribution is 5.97. The molecule has 0 radical (unpaired) electrons. The van der Waals surface area contributed by atoms with Crippen molar-refractivity contribution in [3.05, 3.63) is 114 Å². The molecule has 1 aliphatic carbocycles. The fourth-order valence-electron chi connectivity index (χ4n) is 6.00. The van der Waals surface area contributed by atoms with Gasteiger partial charge in [0.2, 0.25) is 0 Å². The lowest BCUT2D eigenvalue weighted by Gasteiger charge is -2.32. The van der Waals surface area contributed by atoms with Crippen molar-refractivity contribution >= 4 is 29.2 Å². The van der Waals surface area contributed by atoms with E-state index in [1.165, 1.54) is 6.07 Å². The fourth-order valence-corrected chi connectivity index (χ4v) is 6.00. The minimum atomic E-state index is -0.985. The van der Waals surface area contributed by atoms with Crippen molar-refractivity contribution < 1.29 is 19.5 Å². The van der Waals surface area contributed by atoms with Crippen LogP contribution in [-0.2, 0) is 25.9 Å². The second-order valence-corrected chi connectivity index (χ2v) is 10.8. The maximum atomic E-state index is 13.0. The number of nitrogen functional groups attached to an aromatic ring is 1. The number of rotatable bonds is 7. The molecular weight excluding hydrogens is 552 g/mol. The number of hydrogen-bond acceptors (Lipinski definition) is 9. The van der Waals surface area contributed by atoms with Gasteiger partial charge < -0.3 is 26.4 Å². The van der Waals surface area contributed by atoms with Crippen LogP contribution < -0.4 is 32.1 Å². The number of aromatic carboxylic acids is 1. The van der Waals surface area contributed by atoms with Crippen molar-refractivity contribution in [3.8, 4) is 0 Å². The van der Waals surface area contributed by atoms with Gasteiger partial charge in [-0.1, -0.05) is 24.3 Å². The Kier molecular flexibility index (Phi) is 6.96. The molecule has 12 heteroatoms. The summed E-state index contributed by atoms with van der Waals surface area (Å²) in [5.74, 6) is -1.92. The molecule has 1 aromatic heterocycles. The van der Waals surface area contributed by atoms with Crippen LogP contribution in [0.4, 0.5) is 11.4 Å². The number of anilines is 2. The number of carboxylic acids is 1. The Labute approximate surface area is 245 Å². The van der Waals surface area contributed by atoms with Crippen LogP contribution in [0.15, 0.2) is 52.3 Å². The summed E-state index contributed by atoms with van der Waals surface area (Å²) in [5, 5.41) is 15.2. The van der Waals surface area contributed by atoms with Gasteiger partial charge in [-0.15, -0.1) is 0 Å². The second kappa shape index (κ2) is 10.8. The first-order chi connectivity index (χ1) is 20.6. The van der Waals surface area contributed by atoms with E-state index in [2.05, 4.69) is 20.6 Å². The first kappa shape index (κ1) is 27.8. The molecule has 5 N–H and O–H groups in total. The van der Waals surface area contributed by atoms with Crippen LogP contribution in [0.1, 0.15) is 77.2 Å². The monoisotopic (exact) mass is 580 g/mol. The number of fused-ring (bicyclic) bond motifs is 2. The Bertz CT molecular complexity index is 1890. The highest BCUT2D eigenvalue weighted by atomic mass is 16.4. The van der Waals surface area contributed by atoms with E-state index in [0.29, 0.717) is 37.9 Å². The molecule has 0 spiro atoms. The second-order valence-electron chi connectivity index (χ2n) is 10.8. The summed E-state index contributed by atoms with van der Waals surface area (Å²) in [4.78, 5) is 70.9. The molecule has 1 atom stereocenters. The molecule has 0 unspecified atom stereocenters. The van der Waals surface area contributed by atoms with Gasteiger partial charge in [0.1, 0.15) is 29.1 Å². The van der Waals surface area contributed by atoms with Crippen molar-refractivity contribution in [1.29, 1.82) is 0 Å². The first-order valence-corrected chi connectivity index (χ1v) is 13.8. The van der Waals surface area contributed by atoms with Gasteiger partial charge in [0, 0.05) is 25.7 Å². The zero-order valence-corrected chi connectivity index (χ0v) is 23.3. The van der Waals surface area contributed by atoms with Crippen LogP contribution in [0.25, 0.3) is 0 Å². The number of aromatic nitrogens is 2. The third kappa shape index (κ3) is 5.00. The van der Waals surface area contributed by atoms with E-state index in [1.54, 1.807) is 19.1 Å². The van der Waals surface area contributed by atoms with E-state index >= 15 is 0 Å². The molecule has 218 valence electrons. The van der Waals surface area contributed by atoms with Gasteiger partial charge in [-0.3, -0.25) is 19.2 Å². The van der Waals surface area contributed by atoms with Gasteiger partial charge in [0.15, 0.2) is 0 Å². The maximum absolute atomic E-state index is 13.0. The summed E-state index contributed by atoms with van der Waals surface area (Å²) in [6, 6.07) is 10.2. The Morgan fingerprint density at radius 3 is 2.51 bits per heavy atom. The molecule has 3 aromatic carbocycles. The molecule has 0 bridgehead atoms. The number of benzene rings is 2. The molecule has 4 aromatic rings. The molecule has 43 heavy (non-hydrogen) atoms. The molecule has 2 amide bonds. The van der Waals surface area contributed by atoms with E-state index in [9.17, 15) is 29.1 Å². The van der Waals surface area contributed by atoms with Crippen LogP contribution in [0.5, 0.6) is 0 Å². The number of nitrogens with zero attached hydrogens (tertiary/aromatic N) is 3. The minimum Gasteiger partial charge on any atom is -0.478 e. The van der Waals surface area contributed by atoms with Gasteiger partial charge in [-0.05, 0) is 65.6 Å². The van der Waals surface area contributed by atoms with Gasteiger partial charge in [-0.25, -0.2) is 14.8 Å². The topological polar surface area (TPSA) is 185 Å². The van der Waals surface area contributed by atoms with E-state index in [-0.39, 0.29) is 40.9 Å². The van der Waals surface area contributed by atoms with Crippen LogP contribution in [0, 0.1) is 6.92 Å². The zero-order valence-electron chi connectivity index (χ0n) is 23.3. The number of carbonyl (C=O) groups excluding carboxylic acids is 2. The normalized spacial score (nSPS) is 15.6. The molecule has 1 aliphatic heterocycles. The standard InChI is InChI=1S/C31H28N6O6/c1-15-19-6-7-22(21(19)5-4-20(15)31(42)43)36-30(41)24-11-23(34-14-35-24)29(40)33-12-16-2-3-17-8-9-37(13-18(17)10-16)26-25(32)27(38)28(26)39/h2-5,10-11,14,22H,6-9,12-13,32H2,1H3,(H,33,40)(H,36,41)(H,42,43)/t22-/m0/s1. The van der Waals surface area contributed by atoms with Gasteiger partial charge in [0.05, 0.1) is 11.6 Å². The molecule has 0 saturated heterocycles. The number of hydrogen-bond donors (Lipinski definition) is 4. The SMILES string of the molecule is Cc1c(C(=O)O)ccc2c1CC[C@@H]2NC(=O)c1cc(C(=O)NCc2ccc3c(c2)CN(c2c(N)c(=O)c2=O)CC3)ncn1. The molecule has 2 aliphatic rings. The first-order valence-electron chi connectivity index (χ1n) is 13.8. The Morgan fingerprint density at radius 1 is 1.00 bits per heavy atom. The van der Waals surface area contributed by atoms with E-state index in [0.717, 1.165) is 34.1 Å². The largest absolute Gasteiger partial charge is 0.478 e. The smallest absolute Gasteiger partial charge is 0.335 e. The fraction of sp³-hybridized carbons (Fsp3) is 0.258. The predicted octanol–water partition coefficient (Wildman–Crippen LogP) is 1.57. The molecular formula is C31H28N6O6. The number of amides is 2. The highest BCUT2D eigenvalue weighted by Crippen LogP contribution is 2.35. The van der Waals surface area contributed by atoms with E-state index < -0.39 is 28.6 Å². The summed E-state index contributed by atoms with van der Waals surface area (Å²) in [5.41, 5.74) is 10.6. The maximum Gasteiger partial charge on any atom is 0.335 e. The lowest BCUT2D eigenvalue weighted by Crippen LogP contribution is -2.44. The van der Waals surface area contributed by atoms with Crippen molar-refractivity contribution in [2.45, 2.75) is 45.3 Å². The van der Waals surface area contributed by atoms with Crippen molar-refractivity contribution in [2.75, 3.05) is 17.2 Å². The number of nitrogens with two attached hydrogens (primary N) is 1. The average molecular weight is 581 g/mol. The van der Waals surface area contributed by atoms with E-state index in [1.807, 2.05) is 23.1 Å². The summed E-state index contributed by atoms with van der Waals surface area (Å²) >= 11 is 0. The predicted molar refractivity (Wildman–Crippen MR) is 157 cm³/mol. The Morgan fingerprint density at radius 2 is 1.77 bits per heavy atom. The summed E-state index contributed by atoms with van der Waals surface area (Å²) in [6.07, 6.45) is 3.13. The quantitative estimate of drug-likeness (QED) is 0.234. The van der Waals surface area contributed by atoms with Crippen molar-refractivity contribution in [3.63, 3.8) is 0 Å². The number of carboxylic acid groups (broad SMARTS) is 1. The molecule has 0 fully saturated rings. The Hall–Kier alpha value is -5.39. The molecule has 2 heterocycles. The van der Waals surface area contributed by atoms with Crippen molar-refractivity contribution in [1.82, 2.24) is 20.6 Å². The molecule has 12 nitrogen and oxygen atoms in total. The lowest BCUT2D eigenvalue weighted by molar-refractivity contribution is 0.0695. The average Bonchev–Trinajstić information content (AvgIpc) is 3.42. The summed E-state index contributed by atoms with van der Waals surface area (Å²) < 4.78 is 0. The number of nitrogens with one attached hydrogen (secondary N) is 2. The molecule has 0 saturated carbocycles.